The molecule has 1 amide bonds. The van der Waals surface area contributed by atoms with Crippen molar-refractivity contribution in [2.75, 3.05) is 13.2 Å². The van der Waals surface area contributed by atoms with E-state index in [-0.39, 0.29) is 12.5 Å². The Morgan fingerprint density at radius 1 is 1.47 bits per heavy atom. The number of hydrogen-bond acceptors (Lipinski definition) is 4. The molecule has 108 valence electrons. The molecular weight excluding hydrogens is 250 g/mol. The molecule has 1 aliphatic heterocycles. The molecule has 2 aliphatic rings. The monoisotopic (exact) mass is 271 g/mol. The molecule has 1 saturated heterocycles. The number of carbonyl (C=O) groups excluding carboxylic acids is 1. The number of piperidine rings is 1. The van der Waals surface area contributed by atoms with Crippen molar-refractivity contribution in [3.05, 3.63) is 0 Å². The number of fused-ring (bicyclic) bond motifs is 1. The van der Waals surface area contributed by atoms with Crippen molar-refractivity contribution in [2.45, 2.75) is 50.9 Å². The normalized spacial score (nSPS) is 30.9. The molecule has 2 rings (SSSR count). The molecule has 0 bridgehead atoms. The van der Waals surface area contributed by atoms with Gasteiger partial charge in [-0.25, -0.2) is 4.79 Å². The second kappa shape index (κ2) is 4.45. The number of rotatable bonds is 4. The third kappa shape index (κ3) is 2.47. The summed E-state index contributed by atoms with van der Waals surface area (Å²) in [5, 5.41) is 19.1. The van der Waals surface area contributed by atoms with Crippen LogP contribution >= 0.6 is 0 Å². The predicted molar refractivity (Wildman–Crippen MR) is 66.5 cm³/mol. The van der Waals surface area contributed by atoms with Gasteiger partial charge in [-0.1, -0.05) is 0 Å². The van der Waals surface area contributed by atoms with Crippen LogP contribution in [0.5, 0.6) is 0 Å². The summed E-state index contributed by atoms with van der Waals surface area (Å²) in [6, 6.07) is 0. The van der Waals surface area contributed by atoms with Gasteiger partial charge in [0.25, 0.3) is 5.91 Å². The van der Waals surface area contributed by atoms with Gasteiger partial charge in [0.2, 0.25) is 0 Å². The number of hydrogen-bond donors (Lipinski definition) is 2. The van der Waals surface area contributed by atoms with Gasteiger partial charge in [-0.3, -0.25) is 4.79 Å². The highest BCUT2D eigenvalue weighted by molar-refractivity contribution is 5.92. The van der Waals surface area contributed by atoms with E-state index in [9.17, 15) is 19.8 Å². The van der Waals surface area contributed by atoms with Crippen molar-refractivity contribution < 1.29 is 24.5 Å². The van der Waals surface area contributed by atoms with Gasteiger partial charge in [0.1, 0.15) is 5.54 Å². The molecule has 6 heteroatoms. The maximum atomic E-state index is 12.1. The van der Waals surface area contributed by atoms with Gasteiger partial charge in [0.05, 0.1) is 12.2 Å². The highest BCUT2D eigenvalue weighted by atomic mass is 16.5. The van der Waals surface area contributed by atoms with E-state index in [0.29, 0.717) is 19.4 Å². The topological polar surface area (TPSA) is 87.1 Å². The van der Waals surface area contributed by atoms with Crippen molar-refractivity contribution in [1.29, 1.82) is 0 Å². The number of carboxylic acids is 1. The summed E-state index contributed by atoms with van der Waals surface area (Å²) in [6.45, 7) is 5.78. The number of carbonyl (C=O) groups is 2. The third-order valence-corrected chi connectivity index (χ3v) is 3.85. The molecule has 2 fully saturated rings. The zero-order valence-corrected chi connectivity index (χ0v) is 11.5. The lowest BCUT2D eigenvalue weighted by Crippen LogP contribution is -2.50. The van der Waals surface area contributed by atoms with Gasteiger partial charge >= 0.3 is 5.97 Å². The molecule has 1 aliphatic carbocycles. The second-order valence-electron chi connectivity index (χ2n) is 6.35. The Kier molecular flexibility index (Phi) is 3.35. The van der Waals surface area contributed by atoms with E-state index in [2.05, 4.69) is 0 Å². The van der Waals surface area contributed by atoms with Crippen molar-refractivity contribution in [3.8, 4) is 0 Å². The van der Waals surface area contributed by atoms with Crippen LogP contribution in [0.15, 0.2) is 0 Å². The van der Waals surface area contributed by atoms with Crippen LogP contribution in [0, 0.1) is 5.92 Å². The average molecular weight is 271 g/mol. The summed E-state index contributed by atoms with van der Waals surface area (Å²) < 4.78 is 5.37. The molecule has 0 aromatic rings. The van der Waals surface area contributed by atoms with Crippen molar-refractivity contribution in [1.82, 2.24) is 4.90 Å². The summed E-state index contributed by atoms with van der Waals surface area (Å²) in [6.07, 6.45) is -0.0963. The SMILES string of the molecule is CC(C)(C)OC[C@@H](O)C(=O)N1CC[C@@H]2C[C@@]21C(=O)O. The van der Waals surface area contributed by atoms with Crippen LogP contribution in [0.2, 0.25) is 0 Å². The van der Waals surface area contributed by atoms with E-state index in [4.69, 9.17) is 4.74 Å². The minimum atomic E-state index is -1.30. The van der Waals surface area contributed by atoms with Crippen LogP contribution < -0.4 is 0 Å². The number of aliphatic hydroxyl groups is 1. The first-order valence-corrected chi connectivity index (χ1v) is 6.55. The van der Waals surface area contributed by atoms with Crippen LogP contribution in [0.25, 0.3) is 0 Å². The summed E-state index contributed by atoms with van der Waals surface area (Å²) in [5.41, 5.74) is -1.50. The Morgan fingerprint density at radius 2 is 2.11 bits per heavy atom. The fourth-order valence-electron chi connectivity index (χ4n) is 2.74. The number of nitrogens with zero attached hydrogens (tertiary/aromatic N) is 1. The molecule has 0 spiro atoms. The zero-order chi connectivity index (χ0) is 14.4. The van der Waals surface area contributed by atoms with E-state index < -0.39 is 29.1 Å². The Balaban J connectivity index is 1.98. The standard InChI is InChI=1S/C13H21NO5/c1-12(2,3)19-7-9(15)10(16)14-5-4-8-6-13(8,14)11(17)18/h8-9,15H,4-7H2,1-3H3,(H,17,18)/t8-,9-,13+/m1/s1. The van der Waals surface area contributed by atoms with Gasteiger partial charge in [0, 0.05) is 6.54 Å². The summed E-state index contributed by atoms with van der Waals surface area (Å²) in [4.78, 5) is 24.8. The molecule has 0 aromatic heterocycles. The quantitative estimate of drug-likeness (QED) is 0.764. The van der Waals surface area contributed by atoms with Crippen LogP contribution in [0.1, 0.15) is 33.6 Å². The van der Waals surface area contributed by atoms with E-state index in [1.165, 1.54) is 4.90 Å². The molecule has 2 N–H and O–H groups in total. The van der Waals surface area contributed by atoms with Gasteiger partial charge in [0.15, 0.2) is 6.10 Å². The Bertz CT molecular complexity index is 402. The highest BCUT2D eigenvalue weighted by Crippen LogP contribution is 2.55. The lowest BCUT2D eigenvalue weighted by molar-refractivity contribution is -0.158. The fraction of sp³-hybridized carbons (Fsp3) is 0.846. The zero-order valence-electron chi connectivity index (χ0n) is 11.5. The predicted octanol–water partition coefficient (Wildman–Crippen LogP) is 0.238. The van der Waals surface area contributed by atoms with Gasteiger partial charge < -0.3 is 19.8 Å². The molecule has 0 unspecified atom stereocenters. The first kappa shape index (κ1) is 14.3. The number of carboxylic acid groups (broad SMARTS) is 1. The van der Waals surface area contributed by atoms with Gasteiger partial charge in [-0.15, -0.1) is 0 Å². The summed E-state index contributed by atoms with van der Waals surface area (Å²) in [5.74, 6) is -1.45. The Hall–Kier alpha value is -1.14. The second-order valence-corrected chi connectivity index (χ2v) is 6.35. The molecule has 19 heavy (non-hydrogen) atoms. The molecule has 0 aromatic carbocycles. The molecular formula is C13H21NO5. The number of amides is 1. The van der Waals surface area contributed by atoms with Crippen LogP contribution in [0.3, 0.4) is 0 Å². The summed E-state index contributed by atoms with van der Waals surface area (Å²) in [7, 11) is 0. The largest absolute Gasteiger partial charge is 0.479 e. The molecule has 3 atom stereocenters. The molecule has 6 nitrogen and oxygen atoms in total. The average Bonchev–Trinajstić information content (AvgIpc) is 2.92. The molecule has 1 saturated carbocycles. The maximum Gasteiger partial charge on any atom is 0.329 e. The minimum Gasteiger partial charge on any atom is -0.479 e. The highest BCUT2D eigenvalue weighted by Gasteiger charge is 2.69. The Labute approximate surface area is 112 Å². The van der Waals surface area contributed by atoms with Crippen molar-refractivity contribution in [2.24, 2.45) is 5.92 Å². The molecule has 1 heterocycles. The van der Waals surface area contributed by atoms with E-state index in [1.54, 1.807) is 0 Å². The number of ether oxygens (including phenoxy) is 1. The smallest absolute Gasteiger partial charge is 0.329 e. The number of aliphatic hydroxyl groups excluding tert-OH is 1. The molecule has 0 radical (unpaired) electrons. The Morgan fingerprint density at radius 3 is 2.58 bits per heavy atom. The lowest BCUT2D eigenvalue weighted by Gasteiger charge is -2.28. The van der Waals surface area contributed by atoms with Crippen LogP contribution in [0.4, 0.5) is 0 Å². The van der Waals surface area contributed by atoms with Crippen LogP contribution in [-0.4, -0.2) is 57.4 Å². The number of likely N-dealkylation sites (tertiary alicyclic amines) is 1. The first-order valence-electron chi connectivity index (χ1n) is 6.55. The van der Waals surface area contributed by atoms with Gasteiger partial charge in [-0.2, -0.15) is 0 Å². The third-order valence-electron chi connectivity index (χ3n) is 3.85. The van der Waals surface area contributed by atoms with Gasteiger partial charge in [-0.05, 0) is 39.5 Å². The minimum absolute atomic E-state index is 0.0460. The van der Waals surface area contributed by atoms with E-state index >= 15 is 0 Å². The fourth-order valence-corrected chi connectivity index (χ4v) is 2.74. The summed E-state index contributed by atoms with van der Waals surface area (Å²) >= 11 is 0. The lowest BCUT2D eigenvalue weighted by atomic mass is 10.2. The van der Waals surface area contributed by atoms with Crippen LogP contribution in [-0.2, 0) is 14.3 Å². The van der Waals surface area contributed by atoms with E-state index in [0.717, 1.165) is 0 Å². The van der Waals surface area contributed by atoms with E-state index in [1.807, 2.05) is 20.8 Å². The van der Waals surface area contributed by atoms with Crippen molar-refractivity contribution in [3.63, 3.8) is 0 Å². The maximum absolute atomic E-state index is 12.1. The first-order chi connectivity index (χ1) is 8.68. The van der Waals surface area contributed by atoms with Crippen molar-refractivity contribution >= 4 is 11.9 Å². The number of aliphatic carboxylic acids is 1.